The smallest absolute Gasteiger partial charge is 0.174 e. The number of rotatable bonds is 7. The summed E-state index contributed by atoms with van der Waals surface area (Å²) in [5.74, 6) is 0.780. The zero-order valence-electron chi connectivity index (χ0n) is 11.8. The second-order valence-electron chi connectivity index (χ2n) is 4.51. The molecule has 0 bridgehead atoms. The molecule has 0 amide bonds. The lowest BCUT2D eigenvalue weighted by molar-refractivity contribution is -0.120. The minimum absolute atomic E-state index is 0.0402. The van der Waals surface area contributed by atoms with Crippen molar-refractivity contribution in [3.8, 4) is 11.5 Å². The van der Waals surface area contributed by atoms with Crippen LogP contribution in [-0.2, 0) is 11.2 Å². The maximum Gasteiger partial charge on any atom is 0.174 e. The van der Waals surface area contributed by atoms with Gasteiger partial charge in [-0.3, -0.25) is 4.79 Å². The van der Waals surface area contributed by atoms with Gasteiger partial charge in [-0.2, -0.15) is 0 Å². The normalized spacial score (nSPS) is 10.2. The Balaban J connectivity index is 1.90. The lowest BCUT2D eigenvalue weighted by Crippen LogP contribution is -2.14. The van der Waals surface area contributed by atoms with Crippen LogP contribution in [0.25, 0.3) is 0 Å². The van der Waals surface area contributed by atoms with Crippen LogP contribution in [0.3, 0.4) is 0 Å². The van der Waals surface area contributed by atoms with Gasteiger partial charge in [0.05, 0.1) is 6.61 Å². The van der Waals surface area contributed by atoms with E-state index >= 15 is 0 Å². The van der Waals surface area contributed by atoms with Gasteiger partial charge in [-0.1, -0.05) is 24.3 Å². The highest BCUT2D eigenvalue weighted by atomic mass is 19.1. The fourth-order valence-electron chi connectivity index (χ4n) is 1.88. The summed E-state index contributed by atoms with van der Waals surface area (Å²) in [6.45, 7) is 2.38. The predicted octanol–water partition coefficient (Wildman–Crippen LogP) is 3.42. The Labute approximate surface area is 123 Å². The molecule has 0 aliphatic rings. The van der Waals surface area contributed by atoms with Crippen molar-refractivity contribution in [2.75, 3.05) is 13.2 Å². The first-order valence-corrected chi connectivity index (χ1v) is 6.80. The molecule has 0 aliphatic carbocycles. The zero-order valence-corrected chi connectivity index (χ0v) is 11.8. The van der Waals surface area contributed by atoms with Crippen molar-refractivity contribution in [1.82, 2.24) is 0 Å². The van der Waals surface area contributed by atoms with E-state index in [1.165, 1.54) is 12.1 Å². The number of halogens is 1. The molecule has 0 heterocycles. The van der Waals surface area contributed by atoms with Gasteiger partial charge < -0.3 is 9.47 Å². The van der Waals surface area contributed by atoms with E-state index in [0.717, 1.165) is 5.56 Å². The van der Waals surface area contributed by atoms with Gasteiger partial charge in [-0.25, -0.2) is 4.39 Å². The van der Waals surface area contributed by atoms with Crippen molar-refractivity contribution in [2.45, 2.75) is 13.3 Å². The van der Waals surface area contributed by atoms with E-state index in [1.54, 1.807) is 24.3 Å². The summed E-state index contributed by atoms with van der Waals surface area (Å²) < 4.78 is 23.7. The van der Waals surface area contributed by atoms with E-state index in [1.807, 2.05) is 19.1 Å². The summed E-state index contributed by atoms with van der Waals surface area (Å²) >= 11 is 0. The Bertz CT molecular complexity index is 593. The zero-order chi connectivity index (χ0) is 15.1. The molecule has 0 unspecified atom stereocenters. The summed E-state index contributed by atoms with van der Waals surface area (Å²) in [7, 11) is 0. The first-order chi connectivity index (χ1) is 10.2. The third-order valence-electron chi connectivity index (χ3n) is 2.85. The fraction of sp³-hybridized carbons (Fsp3) is 0.235. The molecule has 0 aromatic heterocycles. The number of ether oxygens (including phenoxy) is 2. The monoisotopic (exact) mass is 288 g/mol. The number of carbonyl (C=O) groups excluding carboxylic acids is 1. The Morgan fingerprint density at radius 3 is 2.24 bits per heavy atom. The predicted molar refractivity (Wildman–Crippen MR) is 78.2 cm³/mol. The maximum absolute atomic E-state index is 12.8. The molecule has 0 radical (unpaired) electrons. The summed E-state index contributed by atoms with van der Waals surface area (Å²) in [4.78, 5) is 11.9. The van der Waals surface area contributed by atoms with Crippen molar-refractivity contribution >= 4 is 5.78 Å². The lowest BCUT2D eigenvalue weighted by Gasteiger charge is -2.11. The third kappa shape index (κ3) is 4.60. The van der Waals surface area contributed by atoms with Crippen molar-refractivity contribution in [2.24, 2.45) is 0 Å². The van der Waals surface area contributed by atoms with Crippen LogP contribution in [0.5, 0.6) is 11.5 Å². The standard InChI is InChI=1S/C17H17FO3/c1-2-20-16-5-3-4-6-17(16)21-12-15(19)11-13-7-9-14(18)10-8-13/h3-10H,2,11-12H2,1H3. The molecule has 21 heavy (non-hydrogen) atoms. The van der Waals surface area contributed by atoms with Gasteiger partial charge in [0.2, 0.25) is 0 Å². The first kappa shape index (κ1) is 15.0. The van der Waals surface area contributed by atoms with Gasteiger partial charge in [0, 0.05) is 6.42 Å². The molecule has 2 aromatic rings. The number of hydrogen-bond acceptors (Lipinski definition) is 3. The largest absolute Gasteiger partial charge is 0.490 e. The molecule has 0 fully saturated rings. The van der Waals surface area contributed by atoms with Gasteiger partial charge in [0.15, 0.2) is 17.3 Å². The quantitative estimate of drug-likeness (QED) is 0.783. The van der Waals surface area contributed by atoms with E-state index < -0.39 is 0 Å². The second kappa shape index (κ2) is 7.43. The van der Waals surface area contributed by atoms with Crippen LogP contribution >= 0.6 is 0 Å². The van der Waals surface area contributed by atoms with Gasteiger partial charge in [0.25, 0.3) is 0 Å². The van der Waals surface area contributed by atoms with Crippen LogP contribution in [0.4, 0.5) is 4.39 Å². The topological polar surface area (TPSA) is 35.5 Å². The number of benzene rings is 2. The van der Waals surface area contributed by atoms with Crippen LogP contribution < -0.4 is 9.47 Å². The number of ketones is 1. The minimum Gasteiger partial charge on any atom is -0.490 e. The Hall–Kier alpha value is -2.36. The van der Waals surface area contributed by atoms with Crippen molar-refractivity contribution in [3.05, 3.63) is 59.9 Å². The molecule has 4 heteroatoms. The molecule has 0 aliphatic heterocycles. The molecule has 2 rings (SSSR count). The number of Topliss-reactive ketones (excluding diaryl/α,β-unsaturated/α-hetero) is 1. The highest BCUT2D eigenvalue weighted by Crippen LogP contribution is 2.26. The summed E-state index contributed by atoms with van der Waals surface area (Å²) in [6.07, 6.45) is 0.219. The van der Waals surface area contributed by atoms with Crippen LogP contribution in [0.2, 0.25) is 0 Å². The fourth-order valence-corrected chi connectivity index (χ4v) is 1.88. The third-order valence-corrected chi connectivity index (χ3v) is 2.85. The molecule has 0 saturated carbocycles. The van der Waals surface area contributed by atoms with Crippen LogP contribution in [-0.4, -0.2) is 19.0 Å². The van der Waals surface area contributed by atoms with E-state index in [0.29, 0.717) is 18.1 Å². The highest BCUT2D eigenvalue weighted by molar-refractivity contribution is 5.82. The van der Waals surface area contributed by atoms with Gasteiger partial charge in [0.1, 0.15) is 12.4 Å². The molecule has 0 atom stereocenters. The highest BCUT2D eigenvalue weighted by Gasteiger charge is 2.08. The van der Waals surface area contributed by atoms with Crippen LogP contribution in [0, 0.1) is 5.82 Å². The molecule has 0 saturated heterocycles. The Morgan fingerprint density at radius 1 is 1.00 bits per heavy atom. The van der Waals surface area contributed by atoms with E-state index in [2.05, 4.69) is 0 Å². The summed E-state index contributed by atoms with van der Waals surface area (Å²) in [6, 6.07) is 13.1. The van der Waals surface area contributed by atoms with Gasteiger partial charge in [-0.05, 0) is 36.8 Å². The van der Waals surface area contributed by atoms with Crippen LogP contribution in [0.15, 0.2) is 48.5 Å². The van der Waals surface area contributed by atoms with E-state index in [4.69, 9.17) is 9.47 Å². The summed E-state index contributed by atoms with van der Waals surface area (Å²) in [5.41, 5.74) is 0.767. The number of carbonyl (C=O) groups is 1. The molecular weight excluding hydrogens is 271 g/mol. The minimum atomic E-state index is -0.312. The summed E-state index contributed by atoms with van der Waals surface area (Å²) in [5, 5.41) is 0. The lowest BCUT2D eigenvalue weighted by atomic mass is 10.1. The maximum atomic E-state index is 12.8. The molecule has 2 aromatic carbocycles. The first-order valence-electron chi connectivity index (χ1n) is 6.80. The Kier molecular flexibility index (Phi) is 5.32. The van der Waals surface area contributed by atoms with Gasteiger partial charge in [-0.15, -0.1) is 0 Å². The molecule has 3 nitrogen and oxygen atoms in total. The molecule has 110 valence electrons. The van der Waals surface area contributed by atoms with Crippen molar-refractivity contribution in [1.29, 1.82) is 0 Å². The van der Waals surface area contributed by atoms with Gasteiger partial charge >= 0.3 is 0 Å². The molecule has 0 spiro atoms. The van der Waals surface area contributed by atoms with E-state index in [-0.39, 0.29) is 24.6 Å². The average molecular weight is 288 g/mol. The van der Waals surface area contributed by atoms with E-state index in [9.17, 15) is 9.18 Å². The SMILES string of the molecule is CCOc1ccccc1OCC(=O)Cc1ccc(F)cc1. The molecular formula is C17H17FO3. The molecule has 0 N–H and O–H groups in total. The number of para-hydroxylation sites is 2. The average Bonchev–Trinajstić information content (AvgIpc) is 2.49. The second-order valence-corrected chi connectivity index (χ2v) is 4.51. The number of hydrogen-bond donors (Lipinski definition) is 0. The van der Waals surface area contributed by atoms with Crippen LogP contribution in [0.1, 0.15) is 12.5 Å². The van der Waals surface area contributed by atoms with Crippen molar-refractivity contribution < 1.29 is 18.7 Å². The van der Waals surface area contributed by atoms with Crippen molar-refractivity contribution in [3.63, 3.8) is 0 Å². The Morgan fingerprint density at radius 2 is 1.62 bits per heavy atom.